The molecule has 1 atom stereocenters. The Bertz CT molecular complexity index is 150. The second-order valence-electron chi connectivity index (χ2n) is 2.03. The summed E-state index contributed by atoms with van der Waals surface area (Å²) in [6.45, 7) is 3.59. The topological polar surface area (TPSA) is 26.3 Å². The first kappa shape index (κ1) is 9.50. The molecular weight excluding hydrogens is 152 g/mol. The molecule has 1 unspecified atom stereocenters. The lowest BCUT2D eigenvalue weighted by molar-refractivity contribution is -0.134. The fourth-order valence-corrected chi connectivity index (χ4v) is 0.423. The second kappa shape index (κ2) is 4.34. The molecule has 0 aliphatic heterocycles. The molecular formula is C7H11ClO2. The minimum Gasteiger partial charge on any atom is -0.466 e. The minimum atomic E-state index is -0.356. The summed E-state index contributed by atoms with van der Waals surface area (Å²) in [6.07, 6.45) is 1.39. The zero-order valence-electron chi connectivity index (χ0n) is 6.35. The maximum atomic E-state index is 10.6. The van der Waals surface area contributed by atoms with Crippen molar-refractivity contribution in [2.24, 2.45) is 0 Å². The van der Waals surface area contributed by atoms with Gasteiger partial charge < -0.3 is 4.74 Å². The Labute approximate surface area is 65.8 Å². The lowest BCUT2D eigenvalue weighted by Gasteiger charge is -2.00. The van der Waals surface area contributed by atoms with Crippen LogP contribution in [0.5, 0.6) is 0 Å². The Morgan fingerprint density at radius 3 is 2.50 bits per heavy atom. The molecule has 0 aliphatic carbocycles. The lowest BCUT2D eigenvalue weighted by atomic mass is 10.2. The highest BCUT2D eigenvalue weighted by Gasteiger charge is 2.01. The van der Waals surface area contributed by atoms with E-state index in [0.717, 1.165) is 5.57 Å². The molecule has 10 heavy (non-hydrogen) atoms. The molecule has 0 aromatic heterocycles. The highest BCUT2D eigenvalue weighted by molar-refractivity contribution is 6.22. The number of alkyl halides is 1. The molecule has 3 heteroatoms. The van der Waals surface area contributed by atoms with Gasteiger partial charge in [0.15, 0.2) is 0 Å². The molecule has 2 nitrogen and oxygen atoms in total. The third kappa shape index (κ3) is 3.51. The molecule has 0 saturated heterocycles. The average molecular weight is 163 g/mol. The quantitative estimate of drug-likeness (QED) is 0.351. The van der Waals surface area contributed by atoms with Crippen molar-refractivity contribution in [3.63, 3.8) is 0 Å². The molecule has 0 radical (unpaired) electrons. The number of allylic oxidation sites excluding steroid dienone is 1. The molecule has 0 rings (SSSR count). The Kier molecular flexibility index (Phi) is 4.12. The van der Waals surface area contributed by atoms with Crippen LogP contribution in [-0.4, -0.2) is 18.5 Å². The van der Waals surface area contributed by atoms with E-state index in [2.05, 4.69) is 4.74 Å². The maximum Gasteiger partial charge on any atom is 0.330 e. The van der Waals surface area contributed by atoms with Crippen molar-refractivity contribution in [1.29, 1.82) is 0 Å². The number of esters is 1. The van der Waals surface area contributed by atoms with Crippen molar-refractivity contribution < 1.29 is 9.53 Å². The number of hydrogen-bond donors (Lipinski definition) is 0. The first-order valence-electron chi connectivity index (χ1n) is 2.98. The van der Waals surface area contributed by atoms with E-state index in [1.54, 1.807) is 13.8 Å². The molecule has 0 aromatic rings. The number of carbonyl (C=O) groups is 1. The Balaban J connectivity index is 4.03. The summed E-state index contributed by atoms with van der Waals surface area (Å²) < 4.78 is 4.40. The number of methoxy groups -OCH3 is 1. The second-order valence-corrected chi connectivity index (χ2v) is 2.68. The normalized spacial score (nSPS) is 14.6. The number of rotatable bonds is 2. The van der Waals surface area contributed by atoms with Crippen LogP contribution in [0.1, 0.15) is 13.8 Å². The van der Waals surface area contributed by atoms with Gasteiger partial charge in [0, 0.05) is 6.08 Å². The van der Waals surface area contributed by atoms with Gasteiger partial charge in [-0.05, 0) is 19.4 Å². The molecule has 58 valence electrons. The fourth-order valence-electron chi connectivity index (χ4n) is 0.360. The van der Waals surface area contributed by atoms with E-state index in [1.807, 2.05) is 0 Å². The molecule has 0 N–H and O–H groups in total. The average Bonchev–Trinajstić information content (AvgIpc) is 1.87. The highest BCUT2D eigenvalue weighted by atomic mass is 35.5. The van der Waals surface area contributed by atoms with Crippen LogP contribution in [0.25, 0.3) is 0 Å². The van der Waals surface area contributed by atoms with Crippen molar-refractivity contribution in [2.75, 3.05) is 7.11 Å². The van der Waals surface area contributed by atoms with E-state index in [9.17, 15) is 4.79 Å². The van der Waals surface area contributed by atoms with E-state index in [-0.39, 0.29) is 11.3 Å². The van der Waals surface area contributed by atoms with Gasteiger partial charge in [-0.1, -0.05) is 0 Å². The highest BCUT2D eigenvalue weighted by Crippen LogP contribution is 2.07. The summed E-state index contributed by atoms with van der Waals surface area (Å²) in [7, 11) is 1.34. The van der Waals surface area contributed by atoms with Crippen LogP contribution in [0, 0.1) is 0 Å². The lowest BCUT2D eigenvalue weighted by Crippen LogP contribution is -2.00. The maximum absolute atomic E-state index is 10.6. The van der Waals surface area contributed by atoms with E-state index >= 15 is 0 Å². The zero-order chi connectivity index (χ0) is 8.15. The molecule has 0 aliphatic rings. The van der Waals surface area contributed by atoms with Gasteiger partial charge in [0.05, 0.1) is 12.5 Å². The molecule has 0 aromatic carbocycles. The Hall–Kier alpha value is -0.500. The predicted molar refractivity (Wildman–Crippen MR) is 41.1 cm³/mol. The Morgan fingerprint density at radius 2 is 2.20 bits per heavy atom. The summed E-state index contributed by atoms with van der Waals surface area (Å²) in [4.78, 5) is 10.6. The van der Waals surface area contributed by atoms with Gasteiger partial charge in [-0.2, -0.15) is 0 Å². The van der Waals surface area contributed by atoms with Crippen LogP contribution < -0.4 is 0 Å². The zero-order valence-corrected chi connectivity index (χ0v) is 7.11. The minimum absolute atomic E-state index is 0.112. The van der Waals surface area contributed by atoms with Gasteiger partial charge in [0.1, 0.15) is 0 Å². The smallest absolute Gasteiger partial charge is 0.330 e. The number of ether oxygens (including phenoxy) is 1. The Morgan fingerprint density at radius 1 is 1.70 bits per heavy atom. The molecule has 0 amide bonds. The van der Waals surface area contributed by atoms with Crippen molar-refractivity contribution in [2.45, 2.75) is 19.2 Å². The van der Waals surface area contributed by atoms with Gasteiger partial charge in [0.25, 0.3) is 0 Å². The molecule has 0 fully saturated rings. The third-order valence-electron chi connectivity index (χ3n) is 1.17. The SMILES string of the molecule is COC(=O)/C=C(\C)C(C)Cl. The van der Waals surface area contributed by atoms with E-state index in [1.165, 1.54) is 13.2 Å². The summed E-state index contributed by atoms with van der Waals surface area (Å²) in [5.41, 5.74) is 0.813. The van der Waals surface area contributed by atoms with Gasteiger partial charge in [0.2, 0.25) is 0 Å². The van der Waals surface area contributed by atoms with E-state index in [0.29, 0.717) is 0 Å². The summed E-state index contributed by atoms with van der Waals surface area (Å²) >= 11 is 5.65. The monoisotopic (exact) mass is 162 g/mol. The number of hydrogen-bond acceptors (Lipinski definition) is 2. The van der Waals surface area contributed by atoms with Gasteiger partial charge in [-0.3, -0.25) is 0 Å². The van der Waals surface area contributed by atoms with Crippen LogP contribution >= 0.6 is 11.6 Å². The number of halogens is 1. The number of carbonyl (C=O) groups excluding carboxylic acids is 1. The first-order chi connectivity index (χ1) is 4.57. The van der Waals surface area contributed by atoms with E-state index < -0.39 is 0 Å². The summed E-state index contributed by atoms with van der Waals surface area (Å²) in [5, 5.41) is -0.112. The van der Waals surface area contributed by atoms with E-state index in [4.69, 9.17) is 11.6 Å². The van der Waals surface area contributed by atoms with Crippen molar-refractivity contribution in [1.82, 2.24) is 0 Å². The van der Waals surface area contributed by atoms with Gasteiger partial charge in [-0.15, -0.1) is 11.6 Å². The third-order valence-corrected chi connectivity index (χ3v) is 1.52. The van der Waals surface area contributed by atoms with Crippen LogP contribution in [0.4, 0.5) is 0 Å². The predicted octanol–water partition coefficient (Wildman–Crippen LogP) is 1.73. The van der Waals surface area contributed by atoms with Crippen LogP contribution in [0.2, 0.25) is 0 Å². The van der Waals surface area contributed by atoms with Crippen molar-refractivity contribution in [3.05, 3.63) is 11.6 Å². The molecule has 0 heterocycles. The first-order valence-corrected chi connectivity index (χ1v) is 3.41. The van der Waals surface area contributed by atoms with Crippen LogP contribution in [-0.2, 0) is 9.53 Å². The molecule has 0 spiro atoms. The van der Waals surface area contributed by atoms with Gasteiger partial charge >= 0.3 is 5.97 Å². The molecule has 0 bridgehead atoms. The molecule has 0 saturated carbocycles. The largest absolute Gasteiger partial charge is 0.466 e. The van der Waals surface area contributed by atoms with Gasteiger partial charge in [-0.25, -0.2) is 4.79 Å². The van der Waals surface area contributed by atoms with Crippen molar-refractivity contribution in [3.8, 4) is 0 Å². The van der Waals surface area contributed by atoms with Crippen LogP contribution in [0.3, 0.4) is 0 Å². The van der Waals surface area contributed by atoms with Crippen LogP contribution in [0.15, 0.2) is 11.6 Å². The standard InChI is InChI=1S/C7H11ClO2/c1-5(6(2)8)4-7(9)10-3/h4,6H,1-3H3/b5-4+. The van der Waals surface area contributed by atoms with Crippen molar-refractivity contribution >= 4 is 17.6 Å². The summed E-state index contributed by atoms with van der Waals surface area (Å²) in [5.74, 6) is -0.356. The summed E-state index contributed by atoms with van der Waals surface area (Å²) in [6, 6.07) is 0. The fraction of sp³-hybridized carbons (Fsp3) is 0.571.